The van der Waals surface area contributed by atoms with E-state index in [2.05, 4.69) is 18.8 Å². The average molecular weight is 472 g/mol. The highest BCUT2D eigenvalue weighted by Crippen LogP contribution is 2.67. The SMILES string of the molecule is CC.[B]c1nc([B])n(CC(=O)C2CCC3C4CCC5CC(COC)CCC5(C)C4CCC23C)c1[B]. The molecule has 0 N–H and O–H groups in total. The average Bonchev–Trinajstić information content (AvgIpc) is 3.31. The van der Waals surface area contributed by atoms with Crippen LogP contribution >= 0.6 is 0 Å². The van der Waals surface area contributed by atoms with Crippen LogP contribution in [0.25, 0.3) is 0 Å². The normalized spacial score (nSPS) is 40.1. The predicted octanol–water partition coefficient (Wildman–Crippen LogP) is 2.78. The molecule has 0 aliphatic heterocycles. The monoisotopic (exact) mass is 472 g/mol. The number of ether oxygens (including phenoxy) is 1. The van der Waals surface area contributed by atoms with Crippen LogP contribution in [-0.2, 0) is 16.1 Å². The van der Waals surface area contributed by atoms with E-state index in [1.54, 1.807) is 4.57 Å². The van der Waals surface area contributed by atoms with Crippen LogP contribution in [0.3, 0.4) is 0 Å². The molecule has 4 aliphatic rings. The molecule has 186 valence electrons. The molecule has 4 fully saturated rings. The minimum atomic E-state index is 0.0776. The number of imidazole rings is 1. The minimum Gasteiger partial charge on any atom is -0.384 e. The third-order valence-electron chi connectivity index (χ3n) is 10.9. The first-order valence-corrected chi connectivity index (χ1v) is 14.1. The van der Waals surface area contributed by atoms with E-state index in [1.165, 1.54) is 44.9 Å². The van der Waals surface area contributed by atoms with Crippen LogP contribution in [0.1, 0.15) is 85.5 Å². The summed E-state index contributed by atoms with van der Waals surface area (Å²) in [5.41, 5.74) is 1.30. The molecule has 0 bridgehead atoms. The van der Waals surface area contributed by atoms with Crippen LogP contribution in [0, 0.1) is 46.3 Å². The number of carbonyl (C=O) groups excluding carboxylic acids is 1. The number of fused-ring (bicyclic) bond motifs is 5. The van der Waals surface area contributed by atoms with Crippen molar-refractivity contribution in [1.82, 2.24) is 9.55 Å². The van der Waals surface area contributed by atoms with E-state index >= 15 is 0 Å². The Bertz CT molecular complexity index is 920. The number of rotatable bonds is 5. The number of hydrogen-bond donors (Lipinski definition) is 0. The Morgan fingerprint density at radius 3 is 2.34 bits per heavy atom. The summed E-state index contributed by atoms with van der Waals surface area (Å²) in [6.45, 7) is 10.1. The van der Waals surface area contributed by atoms with Crippen LogP contribution in [-0.4, -0.2) is 52.6 Å². The van der Waals surface area contributed by atoms with Crippen LogP contribution in [0.5, 0.6) is 0 Å². The lowest BCUT2D eigenvalue weighted by Gasteiger charge is -2.61. The van der Waals surface area contributed by atoms with Crippen molar-refractivity contribution >= 4 is 46.2 Å². The summed E-state index contributed by atoms with van der Waals surface area (Å²) in [6.07, 6.45) is 11.3. The summed E-state index contributed by atoms with van der Waals surface area (Å²) in [5, 5.41) is 0. The fraction of sp³-hybridized carbons (Fsp3) is 0.857. The quantitative estimate of drug-likeness (QED) is 0.620. The van der Waals surface area contributed by atoms with Gasteiger partial charge in [0.25, 0.3) is 0 Å². The molecular weight excluding hydrogens is 429 g/mol. The Labute approximate surface area is 217 Å². The van der Waals surface area contributed by atoms with Gasteiger partial charge in [0.05, 0.1) is 6.54 Å². The summed E-state index contributed by atoms with van der Waals surface area (Å²) < 4.78 is 7.09. The first-order chi connectivity index (χ1) is 16.7. The molecule has 0 spiro atoms. The number of methoxy groups -OCH3 is 1. The number of hydrogen-bond acceptors (Lipinski definition) is 3. The molecule has 0 aromatic carbocycles. The van der Waals surface area contributed by atoms with Crippen molar-refractivity contribution in [2.24, 2.45) is 46.3 Å². The molecule has 4 saturated carbocycles. The highest BCUT2D eigenvalue weighted by atomic mass is 16.5. The molecule has 4 nitrogen and oxygen atoms in total. The van der Waals surface area contributed by atoms with E-state index in [0.29, 0.717) is 16.9 Å². The summed E-state index contributed by atoms with van der Waals surface area (Å²) in [7, 11) is 19.7. The van der Waals surface area contributed by atoms with Gasteiger partial charge in [-0.05, 0) is 109 Å². The van der Waals surface area contributed by atoms with Gasteiger partial charge in [-0.2, -0.15) is 0 Å². The maximum Gasteiger partial charge on any atom is 0.167 e. The summed E-state index contributed by atoms with van der Waals surface area (Å²) >= 11 is 0. The number of carbonyl (C=O) groups is 1. The third kappa shape index (κ3) is 4.51. The Morgan fingerprint density at radius 1 is 1.00 bits per heavy atom. The number of ketones is 1. The largest absolute Gasteiger partial charge is 0.384 e. The molecule has 6 radical (unpaired) electrons. The maximum absolute atomic E-state index is 13.5. The lowest BCUT2D eigenvalue weighted by Crippen LogP contribution is -2.54. The summed E-state index contributed by atoms with van der Waals surface area (Å²) in [6, 6.07) is 0. The Kier molecular flexibility index (Phi) is 8.06. The van der Waals surface area contributed by atoms with Crippen LogP contribution in [0.2, 0.25) is 0 Å². The molecule has 1 heterocycles. The number of Topliss-reactive ketones (excluding diaryl/α,β-unsaturated/α-hetero) is 1. The topological polar surface area (TPSA) is 44.1 Å². The molecule has 1 aromatic rings. The molecule has 1 aromatic heterocycles. The molecule has 35 heavy (non-hydrogen) atoms. The molecule has 4 aliphatic carbocycles. The van der Waals surface area contributed by atoms with Crippen molar-refractivity contribution < 1.29 is 9.53 Å². The lowest BCUT2D eigenvalue weighted by molar-refractivity contribution is -0.138. The van der Waals surface area contributed by atoms with Crippen molar-refractivity contribution in [2.75, 3.05) is 13.7 Å². The molecule has 7 heteroatoms. The van der Waals surface area contributed by atoms with E-state index in [4.69, 9.17) is 28.3 Å². The van der Waals surface area contributed by atoms with Gasteiger partial charge in [-0.15, -0.1) is 0 Å². The molecule has 8 atom stereocenters. The molecule has 0 amide bonds. The van der Waals surface area contributed by atoms with Gasteiger partial charge in [-0.3, -0.25) is 9.78 Å². The van der Waals surface area contributed by atoms with Gasteiger partial charge in [0, 0.05) is 25.4 Å². The van der Waals surface area contributed by atoms with Crippen molar-refractivity contribution in [3.63, 3.8) is 0 Å². The maximum atomic E-state index is 13.5. The first kappa shape index (κ1) is 27.1. The van der Waals surface area contributed by atoms with Crippen molar-refractivity contribution in [2.45, 2.75) is 92.0 Å². The van der Waals surface area contributed by atoms with Gasteiger partial charge in [-0.1, -0.05) is 27.7 Å². The van der Waals surface area contributed by atoms with Crippen molar-refractivity contribution in [3.8, 4) is 0 Å². The standard InChI is InChI=1S/C26H37B3N2O2.C2H6/c1-25-10-8-15(14-33-3)12-16(25)4-5-17-18-6-7-20(26(18,2)11-9-19(17)25)21(32)13-31-23(28)22(27)30-24(31)29;1-2/h15-20H,4-14H2,1-3H3;1-2H3. The van der Waals surface area contributed by atoms with E-state index < -0.39 is 0 Å². The highest BCUT2D eigenvalue weighted by molar-refractivity contribution is 6.48. The molecular formula is C28H43B3N2O2. The molecule has 8 unspecified atom stereocenters. The lowest BCUT2D eigenvalue weighted by atomic mass is 9.44. The minimum absolute atomic E-state index is 0.0776. The predicted molar refractivity (Wildman–Crippen MR) is 145 cm³/mol. The fourth-order valence-electron chi connectivity index (χ4n) is 9.20. The second-order valence-electron chi connectivity index (χ2n) is 12.2. The Morgan fingerprint density at radius 2 is 1.69 bits per heavy atom. The van der Waals surface area contributed by atoms with Gasteiger partial charge in [0.1, 0.15) is 15.7 Å². The van der Waals surface area contributed by atoms with Crippen LogP contribution in [0.4, 0.5) is 0 Å². The second kappa shape index (κ2) is 10.4. The summed E-state index contributed by atoms with van der Waals surface area (Å²) in [5.74, 6) is 4.13. The van der Waals surface area contributed by atoms with Crippen LogP contribution < -0.4 is 16.9 Å². The highest BCUT2D eigenvalue weighted by Gasteiger charge is 2.61. The van der Waals surface area contributed by atoms with Gasteiger partial charge in [0.2, 0.25) is 0 Å². The van der Waals surface area contributed by atoms with Gasteiger partial charge < -0.3 is 9.30 Å². The van der Waals surface area contributed by atoms with E-state index in [1.807, 2.05) is 21.0 Å². The van der Waals surface area contributed by atoms with Crippen molar-refractivity contribution in [3.05, 3.63) is 0 Å². The molecule has 0 saturated heterocycles. The zero-order valence-corrected chi connectivity index (χ0v) is 22.7. The first-order valence-electron chi connectivity index (χ1n) is 14.1. The van der Waals surface area contributed by atoms with E-state index in [0.717, 1.165) is 43.1 Å². The van der Waals surface area contributed by atoms with Gasteiger partial charge in [0.15, 0.2) is 13.6 Å². The van der Waals surface area contributed by atoms with Gasteiger partial charge in [-0.25, -0.2) is 0 Å². The Hall–Kier alpha value is -0.965. The smallest absolute Gasteiger partial charge is 0.167 e. The zero-order valence-electron chi connectivity index (χ0n) is 22.7. The zero-order chi connectivity index (χ0) is 25.5. The number of nitrogens with zero attached hydrogens (tertiary/aromatic N) is 2. The van der Waals surface area contributed by atoms with E-state index in [9.17, 15) is 4.79 Å². The fourth-order valence-corrected chi connectivity index (χ4v) is 9.20. The van der Waals surface area contributed by atoms with Crippen LogP contribution in [0.15, 0.2) is 0 Å². The van der Waals surface area contributed by atoms with Gasteiger partial charge >= 0.3 is 0 Å². The number of aromatic nitrogens is 2. The third-order valence-corrected chi connectivity index (χ3v) is 10.9. The van der Waals surface area contributed by atoms with Crippen molar-refractivity contribution in [1.29, 1.82) is 0 Å². The molecule has 5 rings (SSSR count). The summed E-state index contributed by atoms with van der Waals surface area (Å²) in [4.78, 5) is 17.6. The Balaban J connectivity index is 0.00000141. The second-order valence-corrected chi connectivity index (χ2v) is 12.2. The van der Waals surface area contributed by atoms with E-state index in [-0.39, 0.29) is 35.0 Å².